The molecule has 5 heteroatoms. The number of hydrogen-bond donors (Lipinski definition) is 2. The summed E-state index contributed by atoms with van der Waals surface area (Å²) in [6, 6.07) is -0.237. The molecule has 2 N–H and O–H groups in total. The van der Waals surface area contributed by atoms with Crippen LogP contribution >= 0.6 is 0 Å². The highest BCUT2D eigenvalue weighted by Gasteiger charge is 2.20. The molecule has 0 aliphatic rings. The third kappa shape index (κ3) is 7.63. The van der Waals surface area contributed by atoms with Crippen LogP contribution in [0.3, 0.4) is 0 Å². The maximum Gasteiger partial charge on any atom is 0.237 e. The molecule has 0 aromatic heterocycles. The highest BCUT2D eigenvalue weighted by molar-refractivity contribution is 5.81. The summed E-state index contributed by atoms with van der Waals surface area (Å²) in [6.45, 7) is 8.57. The summed E-state index contributed by atoms with van der Waals surface area (Å²) in [6.07, 6.45) is 0.983. The van der Waals surface area contributed by atoms with Crippen molar-refractivity contribution in [3.8, 4) is 0 Å². The molecule has 0 saturated carbocycles. The molecular weight excluding hydrogens is 232 g/mol. The van der Waals surface area contributed by atoms with Crippen molar-refractivity contribution in [2.24, 2.45) is 5.92 Å². The van der Waals surface area contributed by atoms with Gasteiger partial charge in [-0.05, 0) is 19.3 Å². The first-order valence-electron chi connectivity index (χ1n) is 6.64. The molecule has 0 heterocycles. The summed E-state index contributed by atoms with van der Waals surface area (Å²) in [5, 5.41) is 11.9. The van der Waals surface area contributed by atoms with Crippen molar-refractivity contribution in [2.75, 3.05) is 40.0 Å². The number of carbonyl (C=O) groups excluding carboxylic acids is 1. The monoisotopic (exact) mass is 260 g/mol. The summed E-state index contributed by atoms with van der Waals surface area (Å²) in [4.78, 5) is 13.9. The highest BCUT2D eigenvalue weighted by atomic mass is 16.5. The zero-order valence-corrected chi connectivity index (χ0v) is 12.1. The summed E-state index contributed by atoms with van der Waals surface area (Å²) in [5.41, 5.74) is 0. The van der Waals surface area contributed by atoms with Crippen LogP contribution in [0.25, 0.3) is 0 Å². The Bertz CT molecular complexity index is 222. The Morgan fingerprint density at radius 3 is 2.50 bits per heavy atom. The van der Waals surface area contributed by atoms with E-state index < -0.39 is 0 Å². The van der Waals surface area contributed by atoms with Crippen LogP contribution in [-0.4, -0.2) is 61.9 Å². The van der Waals surface area contributed by atoms with Crippen LogP contribution in [0, 0.1) is 5.92 Å². The minimum absolute atomic E-state index is 0.0141. The lowest BCUT2D eigenvalue weighted by Crippen LogP contribution is -2.47. The van der Waals surface area contributed by atoms with Crippen LogP contribution < -0.4 is 5.32 Å². The Morgan fingerprint density at radius 2 is 2.00 bits per heavy atom. The fourth-order valence-electron chi connectivity index (χ4n) is 1.63. The van der Waals surface area contributed by atoms with Crippen LogP contribution in [0.1, 0.15) is 27.2 Å². The second-order valence-corrected chi connectivity index (χ2v) is 4.90. The lowest BCUT2D eigenvalue weighted by molar-refractivity contribution is -0.126. The molecule has 1 amide bonds. The lowest BCUT2D eigenvalue weighted by atomic mass is 10.1. The van der Waals surface area contributed by atoms with E-state index in [-0.39, 0.29) is 18.6 Å². The van der Waals surface area contributed by atoms with Crippen LogP contribution in [0.2, 0.25) is 0 Å². The molecule has 0 aliphatic heterocycles. The van der Waals surface area contributed by atoms with Crippen molar-refractivity contribution in [1.82, 2.24) is 10.2 Å². The predicted molar refractivity (Wildman–Crippen MR) is 72.5 cm³/mol. The number of methoxy groups -OCH3 is 1. The average Bonchev–Trinajstić information content (AvgIpc) is 2.33. The maximum atomic E-state index is 11.9. The van der Waals surface area contributed by atoms with E-state index in [0.717, 1.165) is 6.42 Å². The molecule has 0 aromatic carbocycles. The van der Waals surface area contributed by atoms with Gasteiger partial charge in [0, 0.05) is 26.7 Å². The minimum Gasteiger partial charge on any atom is -0.395 e. The third-order valence-electron chi connectivity index (χ3n) is 2.92. The van der Waals surface area contributed by atoms with E-state index in [9.17, 15) is 4.79 Å². The first kappa shape index (κ1) is 17.4. The Kier molecular flexibility index (Phi) is 9.92. The normalized spacial score (nSPS) is 13.1. The van der Waals surface area contributed by atoms with Gasteiger partial charge in [-0.2, -0.15) is 0 Å². The Balaban J connectivity index is 4.10. The molecule has 5 nitrogen and oxygen atoms in total. The lowest BCUT2D eigenvalue weighted by Gasteiger charge is -2.27. The summed E-state index contributed by atoms with van der Waals surface area (Å²) in [7, 11) is 1.63. The molecular formula is C13H28N2O3. The predicted octanol–water partition coefficient (Wildman–Crippen LogP) is 0.478. The molecule has 1 atom stereocenters. The van der Waals surface area contributed by atoms with E-state index in [1.807, 2.05) is 11.8 Å². The SMILES string of the molecule is COCCN(CCO)C(C)C(=O)NCCC(C)C. The van der Waals surface area contributed by atoms with Gasteiger partial charge in [-0.1, -0.05) is 13.8 Å². The summed E-state index contributed by atoms with van der Waals surface area (Å²) < 4.78 is 5.01. The highest BCUT2D eigenvalue weighted by Crippen LogP contribution is 2.01. The fourth-order valence-corrected chi connectivity index (χ4v) is 1.63. The largest absolute Gasteiger partial charge is 0.395 e. The van der Waals surface area contributed by atoms with Crippen LogP contribution in [0.15, 0.2) is 0 Å². The second kappa shape index (κ2) is 10.3. The number of hydrogen-bond acceptors (Lipinski definition) is 4. The van der Waals surface area contributed by atoms with Gasteiger partial charge in [0.2, 0.25) is 5.91 Å². The Morgan fingerprint density at radius 1 is 1.33 bits per heavy atom. The first-order valence-corrected chi connectivity index (χ1v) is 6.64. The molecule has 0 bridgehead atoms. The van der Waals surface area contributed by atoms with Gasteiger partial charge in [0.15, 0.2) is 0 Å². The molecule has 0 radical (unpaired) electrons. The van der Waals surface area contributed by atoms with E-state index in [4.69, 9.17) is 9.84 Å². The van der Waals surface area contributed by atoms with Gasteiger partial charge >= 0.3 is 0 Å². The minimum atomic E-state index is -0.237. The second-order valence-electron chi connectivity index (χ2n) is 4.90. The summed E-state index contributed by atoms with van der Waals surface area (Å²) >= 11 is 0. The van der Waals surface area contributed by atoms with E-state index in [0.29, 0.717) is 32.2 Å². The van der Waals surface area contributed by atoms with E-state index >= 15 is 0 Å². The molecule has 0 aromatic rings. The molecule has 0 saturated heterocycles. The molecule has 1 unspecified atom stereocenters. The third-order valence-corrected chi connectivity index (χ3v) is 2.92. The topological polar surface area (TPSA) is 61.8 Å². The van der Waals surface area contributed by atoms with Crippen molar-refractivity contribution in [3.63, 3.8) is 0 Å². The van der Waals surface area contributed by atoms with Crippen LogP contribution in [-0.2, 0) is 9.53 Å². The first-order chi connectivity index (χ1) is 8.52. The van der Waals surface area contributed by atoms with Gasteiger partial charge in [-0.25, -0.2) is 0 Å². The zero-order chi connectivity index (χ0) is 14.0. The number of nitrogens with zero attached hydrogens (tertiary/aromatic N) is 1. The molecule has 0 fully saturated rings. The Hall–Kier alpha value is -0.650. The number of ether oxygens (including phenoxy) is 1. The van der Waals surface area contributed by atoms with Gasteiger partial charge in [-0.3, -0.25) is 9.69 Å². The average molecular weight is 260 g/mol. The van der Waals surface area contributed by atoms with Crippen molar-refractivity contribution in [1.29, 1.82) is 0 Å². The number of aliphatic hydroxyl groups is 1. The smallest absolute Gasteiger partial charge is 0.237 e. The quantitative estimate of drug-likeness (QED) is 0.600. The van der Waals surface area contributed by atoms with Gasteiger partial charge in [0.1, 0.15) is 0 Å². The molecule has 0 spiro atoms. The Labute approximate surface area is 110 Å². The fraction of sp³-hybridized carbons (Fsp3) is 0.923. The molecule has 0 rings (SSSR count). The van der Waals surface area contributed by atoms with Crippen molar-refractivity contribution < 1.29 is 14.6 Å². The van der Waals surface area contributed by atoms with Crippen molar-refractivity contribution in [2.45, 2.75) is 33.2 Å². The van der Waals surface area contributed by atoms with Gasteiger partial charge < -0.3 is 15.2 Å². The molecule has 108 valence electrons. The molecule has 0 aliphatic carbocycles. The number of nitrogens with one attached hydrogen (secondary N) is 1. The van der Waals surface area contributed by atoms with Crippen molar-refractivity contribution in [3.05, 3.63) is 0 Å². The van der Waals surface area contributed by atoms with Crippen LogP contribution in [0.5, 0.6) is 0 Å². The van der Waals surface area contributed by atoms with Gasteiger partial charge in [0.05, 0.1) is 19.3 Å². The van der Waals surface area contributed by atoms with Crippen molar-refractivity contribution >= 4 is 5.91 Å². The number of aliphatic hydroxyl groups excluding tert-OH is 1. The summed E-state index contributed by atoms with van der Waals surface area (Å²) in [5.74, 6) is 0.600. The van der Waals surface area contributed by atoms with E-state index in [1.165, 1.54) is 0 Å². The number of amides is 1. The molecule has 18 heavy (non-hydrogen) atoms. The van der Waals surface area contributed by atoms with E-state index in [1.54, 1.807) is 7.11 Å². The maximum absolute atomic E-state index is 11.9. The standard InChI is InChI=1S/C13H28N2O3/c1-11(2)5-6-14-13(17)12(3)15(7-9-16)8-10-18-4/h11-12,16H,5-10H2,1-4H3,(H,14,17). The van der Waals surface area contributed by atoms with E-state index in [2.05, 4.69) is 19.2 Å². The zero-order valence-electron chi connectivity index (χ0n) is 12.1. The van der Waals surface area contributed by atoms with Gasteiger partial charge in [0.25, 0.3) is 0 Å². The van der Waals surface area contributed by atoms with Gasteiger partial charge in [-0.15, -0.1) is 0 Å². The number of carbonyl (C=O) groups is 1. The van der Waals surface area contributed by atoms with Crippen LogP contribution in [0.4, 0.5) is 0 Å². The number of rotatable bonds is 10.